The molecular formula is C32H42N10O10. The Morgan fingerprint density at radius 3 is 2.21 bits per heavy atom. The molecule has 1 aliphatic heterocycles. The average molecular weight is 727 g/mol. The zero-order valence-corrected chi connectivity index (χ0v) is 28.3. The zero-order valence-electron chi connectivity index (χ0n) is 28.3. The van der Waals surface area contributed by atoms with E-state index in [0.29, 0.717) is 11.3 Å². The summed E-state index contributed by atoms with van der Waals surface area (Å²) < 4.78 is 0. The number of imidazole rings is 1. The molecule has 8 amide bonds. The fourth-order valence-corrected chi connectivity index (χ4v) is 4.96. The van der Waals surface area contributed by atoms with Gasteiger partial charge in [-0.2, -0.15) is 0 Å². The van der Waals surface area contributed by atoms with Gasteiger partial charge in [-0.15, -0.1) is 0 Å². The Labute approximate surface area is 297 Å². The number of carboxylic acid groups (broad SMARTS) is 1. The third kappa shape index (κ3) is 14.3. The van der Waals surface area contributed by atoms with Gasteiger partial charge in [-0.25, -0.2) is 4.98 Å². The summed E-state index contributed by atoms with van der Waals surface area (Å²) in [5.41, 5.74) is 1.08. The second kappa shape index (κ2) is 20.4. The van der Waals surface area contributed by atoms with Crippen molar-refractivity contribution in [3.05, 3.63) is 54.1 Å². The number of rotatable bonds is 10. The van der Waals surface area contributed by atoms with Gasteiger partial charge in [0.2, 0.25) is 47.3 Å². The van der Waals surface area contributed by atoms with E-state index in [4.69, 9.17) is 5.11 Å². The van der Waals surface area contributed by atoms with Gasteiger partial charge in [0.1, 0.15) is 30.7 Å². The summed E-state index contributed by atoms with van der Waals surface area (Å²) in [6.45, 7) is -0.835. The van der Waals surface area contributed by atoms with E-state index in [-0.39, 0.29) is 38.6 Å². The molecule has 0 radical (unpaired) electrons. The number of nitrogens with zero attached hydrogens (tertiary/aromatic N) is 1. The molecule has 0 saturated carbocycles. The summed E-state index contributed by atoms with van der Waals surface area (Å²) >= 11 is 0. The van der Waals surface area contributed by atoms with Crippen LogP contribution in [0.1, 0.15) is 37.4 Å². The first-order valence-electron chi connectivity index (χ1n) is 16.3. The van der Waals surface area contributed by atoms with E-state index in [2.05, 4.69) is 52.5 Å². The van der Waals surface area contributed by atoms with Crippen LogP contribution in [0.15, 0.2) is 42.9 Å². The van der Waals surface area contributed by atoms with E-state index in [9.17, 15) is 43.2 Å². The molecule has 0 unspecified atom stereocenters. The molecule has 20 nitrogen and oxygen atoms in total. The predicted octanol–water partition coefficient (Wildman–Crippen LogP) is -4.11. The lowest BCUT2D eigenvalue weighted by Crippen LogP contribution is -2.58. The maximum atomic E-state index is 13.8. The van der Waals surface area contributed by atoms with Crippen LogP contribution in [0.4, 0.5) is 0 Å². The highest BCUT2D eigenvalue weighted by Gasteiger charge is 2.31. The second-order valence-electron chi connectivity index (χ2n) is 11.7. The van der Waals surface area contributed by atoms with Crippen molar-refractivity contribution < 1.29 is 48.3 Å². The molecule has 4 atom stereocenters. The van der Waals surface area contributed by atoms with Crippen LogP contribution in [0.2, 0.25) is 0 Å². The highest BCUT2D eigenvalue weighted by molar-refractivity contribution is 5.96. The molecule has 280 valence electrons. The van der Waals surface area contributed by atoms with Gasteiger partial charge in [-0.1, -0.05) is 30.3 Å². The first-order chi connectivity index (χ1) is 24.8. The van der Waals surface area contributed by atoms with Crippen LogP contribution >= 0.6 is 0 Å². The van der Waals surface area contributed by atoms with Crippen molar-refractivity contribution in [1.29, 1.82) is 0 Å². The lowest BCUT2D eigenvalue weighted by molar-refractivity contribution is -0.138. The molecule has 52 heavy (non-hydrogen) atoms. The van der Waals surface area contributed by atoms with E-state index in [1.807, 2.05) is 0 Å². The van der Waals surface area contributed by atoms with Crippen molar-refractivity contribution in [2.45, 2.75) is 63.2 Å². The maximum Gasteiger partial charge on any atom is 0.322 e. The van der Waals surface area contributed by atoms with Crippen LogP contribution in [0.25, 0.3) is 0 Å². The molecular weight excluding hydrogens is 684 g/mol. The number of aliphatic carboxylic acids is 1. The van der Waals surface area contributed by atoms with Crippen molar-refractivity contribution in [1.82, 2.24) is 52.5 Å². The van der Waals surface area contributed by atoms with E-state index in [0.717, 1.165) is 0 Å². The molecule has 1 saturated heterocycles. The minimum atomic E-state index is -1.37. The van der Waals surface area contributed by atoms with Gasteiger partial charge in [0.15, 0.2) is 0 Å². The van der Waals surface area contributed by atoms with Crippen LogP contribution in [0.5, 0.6) is 0 Å². The number of aromatic nitrogens is 2. The van der Waals surface area contributed by atoms with Crippen molar-refractivity contribution in [3.63, 3.8) is 0 Å². The van der Waals surface area contributed by atoms with Gasteiger partial charge in [0, 0.05) is 44.6 Å². The van der Waals surface area contributed by atoms with Crippen LogP contribution in [0, 0.1) is 0 Å². The molecule has 1 fully saturated rings. The van der Waals surface area contributed by atoms with Gasteiger partial charge in [-0.05, 0) is 18.4 Å². The highest BCUT2D eigenvalue weighted by atomic mass is 16.4. The van der Waals surface area contributed by atoms with Gasteiger partial charge in [0.25, 0.3) is 0 Å². The number of H-pyrrole nitrogens is 1. The third-order valence-corrected chi connectivity index (χ3v) is 7.58. The summed E-state index contributed by atoms with van der Waals surface area (Å²) in [5, 5.41) is 28.5. The van der Waals surface area contributed by atoms with Crippen molar-refractivity contribution in [2.75, 3.05) is 26.2 Å². The largest absolute Gasteiger partial charge is 0.480 e. The molecule has 2 heterocycles. The predicted molar refractivity (Wildman–Crippen MR) is 179 cm³/mol. The number of aromatic amines is 1. The molecule has 1 aromatic carbocycles. The Hall–Kier alpha value is -6.34. The van der Waals surface area contributed by atoms with Crippen molar-refractivity contribution >= 4 is 53.2 Å². The fraction of sp³-hybridized carbons (Fsp3) is 0.438. The Bertz CT molecular complexity index is 1600. The number of carbonyl (C=O) groups excluding carboxylic acids is 8. The Morgan fingerprint density at radius 2 is 1.54 bits per heavy atom. The number of hydrogen-bond donors (Lipinski definition) is 10. The van der Waals surface area contributed by atoms with Crippen LogP contribution in [-0.2, 0) is 56.0 Å². The summed E-state index contributed by atoms with van der Waals surface area (Å²) in [6.07, 6.45) is 1.86. The molecule has 10 N–H and O–H groups in total. The Balaban J connectivity index is 1.94. The number of hydrogen-bond acceptors (Lipinski definition) is 10. The minimum Gasteiger partial charge on any atom is -0.480 e. The van der Waals surface area contributed by atoms with Crippen LogP contribution < -0.4 is 42.5 Å². The Kier molecular flexibility index (Phi) is 15.7. The van der Waals surface area contributed by atoms with E-state index < -0.39 is 97.0 Å². The lowest BCUT2D eigenvalue weighted by atomic mass is 10.0. The van der Waals surface area contributed by atoms with E-state index >= 15 is 0 Å². The summed E-state index contributed by atoms with van der Waals surface area (Å²) in [4.78, 5) is 121. The molecule has 0 aliphatic carbocycles. The topological polar surface area (TPSA) is 299 Å². The molecule has 0 spiro atoms. The molecule has 3 rings (SSSR count). The molecule has 1 aromatic heterocycles. The number of nitrogens with one attached hydrogen (secondary N) is 9. The maximum absolute atomic E-state index is 13.8. The highest BCUT2D eigenvalue weighted by Crippen LogP contribution is 2.08. The SMILES string of the molecule is CC(=O)NCC(=O)N[C@H]1CCC(=O)NCC[C@@H](C(=O)NCC(=O)O)NC(=O)CNC(=O)[C@@H](Cc2ccccc2)NC(=O)[C@H](Cc2cnc[nH]2)NC1=O. The zero-order chi connectivity index (χ0) is 38.0. The quantitative estimate of drug-likeness (QED) is 0.112. The first-order valence-corrected chi connectivity index (χ1v) is 16.3. The number of benzene rings is 1. The lowest BCUT2D eigenvalue weighted by Gasteiger charge is -2.25. The molecule has 2 aromatic rings. The third-order valence-electron chi connectivity index (χ3n) is 7.58. The standard InChI is InChI=1S/C32H42N10O10/c1-18(43)35-14-26(45)39-21-7-8-25(44)34-10-9-22(29(49)37-16-28(47)48)40-27(46)15-36-30(50)23(11-19-5-3-2-4-6-19)41-32(52)24(42-31(21)51)12-20-13-33-17-38-20/h2-6,13,17,21-24H,7-12,14-16H2,1H3,(H,33,38)(H,34,44)(H,35,43)(H,36,50)(H,37,49)(H,39,45)(H,40,46)(H,41,52)(H,42,51)(H,47,48)/t21-,22-,23+,24-/m0/s1. The first kappa shape index (κ1) is 40.1. The molecule has 20 heteroatoms. The van der Waals surface area contributed by atoms with Gasteiger partial charge >= 0.3 is 5.97 Å². The number of carboxylic acids is 1. The Morgan fingerprint density at radius 1 is 0.827 bits per heavy atom. The summed E-state index contributed by atoms with van der Waals surface area (Å²) in [7, 11) is 0. The van der Waals surface area contributed by atoms with E-state index in [1.54, 1.807) is 30.3 Å². The fourth-order valence-electron chi connectivity index (χ4n) is 4.96. The monoisotopic (exact) mass is 726 g/mol. The number of carbonyl (C=O) groups is 9. The summed E-state index contributed by atoms with van der Waals surface area (Å²) in [5.74, 6) is -7.32. The average Bonchev–Trinajstić information content (AvgIpc) is 3.62. The molecule has 1 aliphatic rings. The van der Waals surface area contributed by atoms with Gasteiger partial charge in [0.05, 0.1) is 19.4 Å². The van der Waals surface area contributed by atoms with Crippen molar-refractivity contribution in [3.8, 4) is 0 Å². The van der Waals surface area contributed by atoms with Crippen LogP contribution in [-0.4, -0.2) is 119 Å². The van der Waals surface area contributed by atoms with E-state index in [1.165, 1.54) is 19.4 Å². The van der Waals surface area contributed by atoms with Crippen LogP contribution in [0.3, 0.4) is 0 Å². The minimum absolute atomic E-state index is 0.0272. The second-order valence-corrected chi connectivity index (χ2v) is 11.7. The van der Waals surface area contributed by atoms with Gasteiger partial charge in [-0.3, -0.25) is 43.2 Å². The smallest absolute Gasteiger partial charge is 0.322 e. The number of amides is 8. The molecule has 0 bridgehead atoms. The normalized spacial score (nSPS) is 20.9. The van der Waals surface area contributed by atoms with Gasteiger partial charge < -0.3 is 52.6 Å². The summed E-state index contributed by atoms with van der Waals surface area (Å²) in [6, 6.07) is 3.35. The van der Waals surface area contributed by atoms with Crippen molar-refractivity contribution in [2.24, 2.45) is 0 Å².